The van der Waals surface area contributed by atoms with Gasteiger partial charge in [-0.1, -0.05) is 96.8 Å². The largest absolute Gasteiger partial charge is 0.499 e. The second-order valence-electron chi connectivity index (χ2n) is 10.9. The van der Waals surface area contributed by atoms with Crippen molar-refractivity contribution < 1.29 is 33.7 Å². The van der Waals surface area contributed by atoms with Crippen LogP contribution in [0.15, 0.2) is 120 Å². The van der Waals surface area contributed by atoms with Gasteiger partial charge in [-0.25, -0.2) is 0 Å². The molecule has 0 unspecified atom stereocenters. The van der Waals surface area contributed by atoms with E-state index in [0.29, 0.717) is 11.8 Å². The molecule has 6 aromatic rings. The molecule has 0 aliphatic carbocycles. The van der Waals surface area contributed by atoms with E-state index in [0.717, 1.165) is 38.9 Å². The Balaban J connectivity index is 0.000000238. The molecule has 0 saturated carbocycles. The summed E-state index contributed by atoms with van der Waals surface area (Å²) in [4.78, 5) is 4.22. The van der Waals surface area contributed by atoms with Crippen LogP contribution in [0, 0.1) is 12.1 Å². The van der Waals surface area contributed by atoms with Crippen molar-refractivity contribution in [1.82, 2.24) is 4.98 Å². The Morgan fingerprint density at radius 1 is 0.721 bits per heavy atom. The summed E-state index contributed by atoms with van der Waals surface area (Å²) in [6.07, 6.45) is 5.89. The summed E-state index contributed by atoms with van der Waals surface area (Å²) in [6, 6.07) is 42.5. The summed E-state index contributed by atoms with van der Waals surface area (Å²) in [5, 5.41) is 2.20. The van der Waals surface area contributed by atoms with Crippen LogP contribution in [0.2, 0.25) is 0 Å². The van der Waals surface area contributed by atoms with Crippen LogP contribution < -0.4 is 0 Å². The molecule has 1 aliphatic heterocycles. The number of hydrogen-bond donors (Lipinski definition) is 0. The van der Waals surface area contributed by atoms with Crippen LogP contribution in [0.5, 0.6) is 0 Å². The van der Waals surface area contributed by atoms with E-state index < -0.39 is 0 Å². The molecular weight excluding hydrogens is 707 g/mol. The quantitative estimate of drug-likeness (QED) is 0.130. The Hall–Kier alpha value is -4.40. The van der Waals surface area contributed by atoms with Gasteiger partial charge in [0.2, 0.25) is 5.69 Å². The van der Waals surface area contributed by atoms with E-state index in [9.17, 15) is 0 Å². The molecule has 5 heteroatoms. The summed E-state index contributed by atoms with van der Waals surface area (Å²) in [6.45, 7) is 8.96. The zero-order chi connectivity index (χ0) is 29.1. The first-order valence-corrected chi connectivity index (χ1v) is 14.4. The fourth-order valence-corrected chi connectivity index (χ4v) is 5.23. The third-order valence-corrected chi connectivity index (χ3v) is 7.37. The zero-order valence-electron chi connectivity index (χ0n) is 24.7. The van der Waals surface area contributed by atoms with Crippen LogP contribution in [-0.2, 0) is 20.1 Å². The maximum Gasteiger partial charge on any atom is 0.499 e. The van der Waals surface area contributed by atoms with E-state index in [-0.39, 0.29) is 20.1 Å². The van der Waals surface area contributed by atoms with Gasteiger partial charge in [-0.3, -0.25) is 0 Å². The standard InChI is InChI=1S/C27H25N2O.C11H8N.Ir/c1-18(2)21-9-7-10-22(19(3)4)27(21)29-15-14-28(17-29)20-12-13-24-23-8-5-6-11-25(23)30-26(24)16-20;1-2-6-10(7-3-1)11-8-4-5-9-12-11;/h5-11,13-16,18-19H,1-4H3;1-6,8-9H;/q+1;-1;. The van der Waals surface area contributed by atoms with Crippen LogP contribution in [0.4, 0.5) is 11.4 Å². The number of rotatable bonds is 5. The normalized spacial score (nSPS) is 12.2. The van der Waals surface area contributed by atoms with E-state index in [1.807, 2.05) is 83.6 Å². The van der Waals surface area contributed by atoms with Crippen molar-refractivity contribution in [3.8, 4) is 11.3 Å². The van der Waals surface area contributed by atoms with Gasteiger partial charge in [-0.2, -0.15) is 6.07 Å². The summed E-state index contributed by atoms with van der Waals surface area (Å²) >= 11 is 0. The molecule has 2 aromatic heterocycles. The predicted molar refractivity (Wildman–Crippen MR) is 170 cm³/mol. The monoisotopic (exact) mass is 740 g/mol. The van der Waals surface area contributed by atoms with Crippen molar-refractivity contribution >= 4 is 39.3 Å². The third-order valence-electron chi connectivity index (χ3n) is 7.37. The molecule has 43 heavy (non-hydrogen) atoms. The average Bonchev–Trinajstić information content (AvgIpc) is 3.67. The van der Waals surface area contributed by atoms with Crippen LogP contribution in [-0.4, -0.2) is 20.1 Å². The van der Waals surface area contributed by atoms with Gasteiger partial charge in [0.1, 0.15) is 11.3 Å². The molecule has 0 spiro atoms. The van der Waals surface area contributed by atoms with Crippen molar-refractivity contribution in [3.05, 3.63) is 139 Å². The first kappa shape index (κ1) is 30.1. The molecule has 1 aliphatic rings. The van der Waals surface area contributed by atoms with E-state index in [4.69, 9.17) is 4.42 Å². The second-order valence-corrected chi connectivity index (χ2v) is 10.9. The van der Waals surface area contributed by atoms with Gasteiger partial charge in [0.05, 0.1) is 0 Å². The van der Waals surface area contributed by atoms with Crippen molar-refractivity contribution in [2.24, 2.45) is 0 Å². The summed E-state index contributed by atoms with van der Waals surface area (Å²) < 4.78 is 10.1. The number of para-hydroxylation sites is 2. The number of pyridine rings is 1. The topological polar surface area (TPSA) is 32.0 Å². The van der Waals surface area contributed by atoms with Gasteiger partial charge in [-0.05, 0) is 35.0 Å². The maximum atomic E-state index is 6.05. The maximum absolute atomic E-state index is 6.05. The molecular formula is C38H33IrN3O. The molecule has 0 fully saturated rings. The minimum Gasteiger partial charge on any atom is -0.483 e. The number of hydrogen-bond acceptors (Lipinski definition) is 2. The van der Waals surface area contributed by atoms with E-state index >= 15 is 0 Å². The molecule has 0 N–H and O–H groups in total. The van der Waals surface area contributed by atoms with Crippen LogP contribution in [0.25, 0.3) is 33.2 Å². The summed E-state index contributed by atoms with van der Waals surface area (Å²) in [5.41, 5.74) is 8.57. The molecule has 0 bridgehead atoms. The van der Waals surface area contributed by atoms with E-state index in [1.54, 1.807) is 6.20 Å². The summed E-state index contributed by atoms with van der Waals surface area (Å²) in [5.74, 6) is 0.864. The first-order valence-electron chi connectivity index (χ1n) is 14.4. The Kier molecular flexibility index (Phi) is 9.28. The third kappa shape index (κ3) is 6.35. The molecule has 0 amide bonds. The Labute approximate surface area is 266 Å². The number of furan rings is 1. The number of nitrogens with zero attached hydrogens (tertiary/aromatic N) is 3. The van der Waals surface area contributed by atoms with Crippen molar-refractivity contribution in [1.29, 1.82) is 0 Å². The minimum atomic E-state index is 0. The smallest absolute Gasteiger partial charge is 0.483 e. The fraction of sp³-hybridized carbons (Fsp3) is 0.158. The zero-order valence-corrected chi connectivity index (χ0v) is 27.1. The van der Waals surface area contributed by atoms with E-state index in [1.165, 1.54) is 16.8 Å². The second kappa shape index (κ2) is 13.3. The Morgan fingerprint density at radius 3 is 2.14 bits per heavy atom. The molecule has 1 radical (unpaired) electrons. The van der Waals surface area contributed by atoms with Gasteiger partial charge in [-0.15, -0.1) is 42.0 Å². The van der Waals surface area contributed by atoms with Crippen LogP contribution in [0.3, 0.4) is 0 Å². The SMILES string of the molecule is CC(C)c1cccc(C(C)C)c1[N+]1=C=[N+](c2[c-]cc3c(c2)oc2ccccc23)C=C1.[Ir].[c-]1ccccc1-c1ccccn1. The number of fused-ring (bicyclic) bond motifs is 3. The van der Waals surface area contributed by atoms with Crippen molar-refractivity contribution in [2.75, 3.05) is 0 Å². The number of benzene rings is 4. The van der Waals surface area contributed by atoms with Crippen LogP contribution >= 0.6 is 0 Å². The Morgan fingerprint density at radius 2 is 1.44 bits per heavy atom. The summed E-state index contributed by atoms with van der Waals surface area (Å²) in [7, 11) is 0. The van der Waals surface area contributed by atoms with Gasteiger partial charge >= 0.3 is 6.01 Å². The van der Waals surface area contributed by atoms with Gasteiger partial charge in [0.25, 0.3) is 12.4 Å². The average molecular weight is 740 g/mol. The minimum absolute atomic E-state index is 0. The first-order chi connectivity index (χ1) is 20.5. The van der Waals surface area contributed by atoms with Gasteiger partial charge in [0, 0.05) is 43.0 Å². The number of aromatic nitrogens is 1. The molecule has 7 rings (SSSR count). The predicted octanol–water partition coefficient (Wildman–Crippen LogP) is 9.83. The fourth-order valence-electron chi connectivity index (χ4n) is 5.23. The molecule has 4 aromatic carbocycles. The van der Waals surface area contributed by atoms with Crippen molar-refractivity contribution in [3.63, 3.8) is 0 Å². The van der Waals surface area contributed by atoms with E-state index in [2.05, 4.69) is 85.9 Å². The molecule has 0 atom stereocenters. The van der Waals surface area contributed by atoms with Gasteiger partial charge < -0.3 is 9.40 Å². The Bertz CT molecular complexity index is 1900. The van der Waals surface area contributed by atoms with Crippen LogP contribution in [0.1, 0.15) is 50.7 Å². The van der Waals surface area contributed by atoms with Gasteiger partial charge in [0.15, 0.2) is 0 Å². The molecule has 4 nitrogen and oxygen atoms in total. The molecule has 3 heterocycles. The molecule has 0 saturated heterocycles. The van der Waals surface area contributed by atoms with Crippen molar-refractivity contribution in [2.45, 2.75) is 39.5 Å². The molecule has 215 valence electrons.